The van der Waals surface area contributed by atoms with E-state index in [9.17, 15) is 13.2 Å². The highest BCUT2D eigenvalue weighted by atomic mass is 35.5. The zero-order chi connectivity index (χ0) is 18.3. The Morgan fingerprint density at radius 3 is 2.42 bits per heavy atom. The van der Waals surface area contributed by atoms with Crippen LogP contribution in [0.2, 0.25) is 0 Å². The van der Waals surface area contributed by atoms with Crippen LogP contribution >= 0.6 is 12.4 Å². The third-order valence-corrected chi connectivity index (χ3v) is 6.19. The number of carbonyl (C=O) groups excluding carboxylic acids is 1. The van der Waals surface area contributed by atoms with Gasteiger partial charge in [0.2, 0.25) is 15.9 Å². The van der Waals surface area contributed by atoms with Crippen molar-refractivity contribution < 1.29 is 17.9 Å². The first-order valence-electron chi connectivity index (χ1n) is 8.50. The molecule has 1 aromatic carbocycles. The first kappa shape index (κ1) is 22.9. The minimum Gasteiger partial charge on any atom is -0.379 e. The molecule has 0 spiro atoms. The minimum atomic E-state index is -3.46. The molecule has 1 amide bonds. The van der Waals surface area contributed by atoms with Gasteiger partial charge >= 0.3 is 0 Å². The van der Waals surface area contributed by atoms with Crippen molar-refractivity contribution in [2.24, 2.45) is 0 Å². The average molecular weight is 406 g/mol. The number of carbonyl (C=O) groups is 1. The van der Waals surface area contributed by atoms with Crippen LogP contribution in [0.1, 0.15) is 12.0 Å². The van der Waals surface area contributed by atoms with E-state index in [1.807, 2.05) is 7.05 Å². The summed E-state index contributed by atoms with van der Waals surface area (Å²) >= 11 is 0. The van der Waals surface area contributed by atoms with Gasteiger partial charge in [0, 0.05) is 39.6 Å². The van der Waals surface area contributed by atoms with Crippen LogP contribution in [0, 0.1) is 0 Å². The average Bonchev–Trinajstić information content (AvgIpc) is 2.65. The number of halogens is 1. The first-order valence-corrected chi connectivity index (χ1v) is 9.94. The molecule has 1 aliphatic rings. The van der Waals surface area contributed by atoms with Gasteiger partial charge in [-0.15, -0.1) is 12.4 Å². The molecule has 1 aliphatic heterocycles. The maximum Gasteiger partial charge on any atom is 0.243 e. The van der Waals surface area contributed by atoms with Crippen molar-refractivity contribution in [2.45, 2.75) is 17.7 Å². The predicted octanol–water partition coefficient (Wildman–Crippen LogP) is 0.740. The number of sulfonamides is 1. The van der Waals surface area contributed by atoms with Gasteiger partial charge in [-0.2, -0.15) is 4.31 Å². The number of likely N-dealkylation sites (N-methyl/N-ethyl adjacent to an activating group) is 2. The Labute approximate surface area is 162 Å². The molecule has 0 radical (unpaired) electrons. The first-order chi connectivity index (χ1) is 11.9. The molecule has 0 bridgehead atoms. The number of benzene rings is 1. The molecule has 1 heterocycles. The number of aryl methyl sites for hydroxylation is 1. The molecule has 0 atom stereocenters. The summed E-state index contributed by atoms with van der Waals surface area (Å²) in [5.41, 5.74) is 0.955. The molecular weight excluding hydrogens is 378 g/mol. The Morgan fingerprint density at radius 1 is 1.23 bits per heavy atom. The molecular formula is C17H28ClN3O4S. The summed E-state index contributed by atoms with van der Waals surface area (Å²) in [5, 5.41) is 3.01. The topological polar surface area (TPSA) is 79.0 Å². The van der Waals surface area contributed by atoms with Gasteiger partial charge in [0.25, 0.3) is 0 Å². The Kier molecular flexibility index (Phi) is 9.52. The Morgan fingerprint density at radius 2 is 1.85 bits per heavy atom. The number of morpholine rings is 1. The number of hydrogen-bond acceptors (Lipinski definition) is 5. The van der Waals surface area contributed by atoms with Gasteiger partial charge < -0.3 is 15.0 Å². The van der Waals surface area contributed by atoms with Gasteiger partial charge in [0.05, 0.1) is 18.1 Å². The van der Waals surface area contributed by atoms with Crippen molar-refractivity contribution >= 4 is 28.3 Å². The molecule has 7 nitrogen and oxygen atoms in total. The third-order valence-electron chi connectivity index (χ3n) is 4.28. The van der Waals surface area contributed by atoms with Crippen molar-refractivity contribution in [3.05, 3.63) is 29.8 Å². The molecule has 1 N–H and O–H groups in total. The fourth-order valence-corrected chi connectivity index (χ4v) is 4.02. The SMILES string of the molecule is CNCCN(C)C(=O)CCc1ccc(S(=O)(=O)N2CCOCC2)cc1.Cl. The van der Waals surface area contributed by atoms with E-state index in [1.165, 1.54) is 4.31 Å². The van der Waals surface area contributed by atoms with Gasteiger partial charge in [-0.3, -0.25) is 4.79 Å². The van der Waals surface area contributed by atoms with Crippen LogP contribution < -0.4 is 5.32 Å². The lowest BCUT2D eigenvalue weighted by Gasteiger charge is -2.26. The van der Waals surface area contributed by atoms with E-state index in [-0.39, 0.29) is 23.2 Å². The van der Waals surface area contributed by atoms with Crippen LogP contribution in [0.15, 0.2) is 29.2 Å². The molecule has 9 heteroatoms. The van der Waals surface area contributed by atoms with E-state index < -0.39 is 10.0 Å². The highest BCUT2D eigenvalue weighted by Gasteiger charge is 2.26. The molecule has 0 aliphatic carbocycles. The largest absolute Gasteiger partial charge is 0.379 e. The van der Waals surface area contributed by atoms with Crippen molar-refractivity contribution in [3.63, 3.8) is 0 Å². The maximum atomic E-state index is 12.6. The van der Waals surface area contributed by atoms with Crippen LogP contribution in [0.25, 0.3) is 0 Å². The normalized spacial score (nSPS) is 15.3. The zero-order valence-corrected chi connectivity index (χ0v) is 16.9. The summed E-state index contributed by atoms with van der Waals surface area (Å²) in [6.07, 6.45) is 1.01. The van der Waals surface area contributed by atoms with Crippen LogP contribution in [-0.4, -0.2) is 77.0 Å². The highest BCUT2D eigenvalue weighted by molar-refractivity contribution is 7.89. The molecule has 0 unspecified atom stereocenters. The second-order valence-corrected chi connectivity index (χ2v) is 8.02. The number of nitrogens with one attached hydrogen (secondary N) is 1. The molecule has 0 saturated carbocycles. The minimum absolute atomic E-state index is 0. The van der Waals surface area contributed by atoms with Crippen molar-refractivity contribution in [2.75, 3.05) is 53.5 Å². The van der Waals surface area contributed by atoms with Crippen molar-refractivity contribution in [3.8, 4) is 0 Å². The molecule has 0 aromatic heterocycles. The predicted molar refractivity (Wildman–Crippen MR) is 103 cm³/mol. The van der Waals surface area contributed by atoms with E-state index in [4.69, 9.17) is 4.74 Å². The highest BCUT2D eigenvalue weighted by Crippen LogP contribution is 2.18. The summed E-state index contributed by atoms with van der Waals surface area (Å²) < 4.78 is 31.8. The second kappa shape index (κ2) is 10.8. The fraction of sp³-hybridized carbons (Fsp3) is 0.588. The molecule has 1 saturated heterocycles. The number of hydrogen-bond donors (Lipinski definition) is 1. The third kappa shape index (κ3) is 6.21. The molecule has 1 fully saturated rings. The van der Waals surface area contributed by atoms with Crippen molar-refractivity contribution in [1.29, 1.82) is 0 Å². The van der Waals surface area contributed by atoms with E-state index in [2.05, 4.69) is 5.32 Å². The van der Waals surface area contributed by atoms with E-state index in [0.717, 1.165) is 12.1 Å². The maximum absolute atomic E-state index is 12.6. The number of nitrogens with zero attached hydrogens (tertiary/aromatic N) is 2. The van der Waals surface area contributed by atoms with Crippen LogP contribution in [-0.2, 0) is 26.0 Å². The van der Waals surface area contributed by atoms with Gasteiger partial charge in [0.1, 0.15) is 0 Å². The zero-order valence-electron chi connectivity index (χ0n) is 15.3. The van der Waals surface area contributed by atoms with Crippen LogP contribution in [0.3, 0.4) is 0 Å². The van der Waals surface area contributed by atoms with Gasteiger partial charge in [-0.05, 0) is 31.2 Å². The Hall–Kier alpha value is -1.19. The molecule has 2 rings (SSSR count). The Balaban J connectivity index is 0.00000338. The lowest BCUT2D eigenvalue weighted by atomic mass is 10.1. The van der Waals surface area contributed by atoms with Crippen LogP contribution in [0.5, 0.6) is 0 Å². The summed E-state index contributed by atoms with van der Waals surface area (Å²) in [7, 11) is 0.179. The summed E-state index contributed by atoms with van der Waals surface area (Å²) in [6.45, 7) is 3.07. The monoisotopic (exact) mass is 405 g/mol. The smallest absolute Gasteiger partial charge is 0.243 e. The second-order valence-electron chi connectivity index (χ2n) is 6.08. The summed E-state index contributed by atoms with van der Waals surface area (Å²) in [5.74, 6) is 0.0836. The quantitative estimate of drug-likeness (QED) is 0.690. The Bertz CT molecular complexity index is 661. The van der Waals surface area contributed by atoms with Gasteiger partial charge in [-0.25, -0.2) is 8.42 Å². The van der Waals surface area contributed by atoms with E-state index >= 15 is 0 Å². The number of amides is 1. The summed E-state index contributed by atoms with van der Waals surface area (Å²) in [4.78, 5) is 14.0. The molecule has 1 aromatic rings. The number of rotatable bonds is 8. The van der Waals surface area contributed by atoms with E-state index in [1.54, 1.807) is 36.2 Å². The van der Waals surface area contributed by atoms with Gasteiger partial charge in [0.15, 0.2) is 0 Å². The fourth-order valence-electron chi connectivity index (χ4n) is 2.61. The standard InChI is InChI=1S/C17H27N3O4S.ClH/c1-18-9-10-19(2)17(21)8-5-15-3-6-16(7-4-15)25(22,23)20-11-13-24-14-12-20;/h3-4,6-7,18H,5,8-14H2,1-2H3;1H. The van der Waals surface area contributed by atoms with Crippen LogP contribution in [0.4, 0.5) is 0 Å². The van der Waals surface area contributed by atoms with Gasteiger partial charge in [-0.1, -0.05) is 12.1 Å². The summed E-state index contributed by atoms with van der Waals surface area (Å²) in [6, 6.07) is 6.81. The lowest BCUT2D eigenvalue weighted by Crippen LogP contribution is -2.40. The molecule has 148 valence electrons. The van der Waals surface area contributed by atoms with E-state index in [0.29, 0.717) is 45.7 Å². The lowest BCUT2D eigenvalue weighted by molar-refractivity contribution is -0.129. The molecule has 26 heavy (non-hydrogen) atoms. The number of ether oxygens (including phenoxy) is 1. The van der Waals surface area contributed by atoms with Crippen molar-refractivity contribution in [1.82, 2.24) is 14.5 Å².